The maximum atomic E-state index is 9.95. The molecule has 0 amide bonds. The largest absolute Gasteiger partial charge is 0.508 e. The van der Waals surface area contributed by atoms with E-state index in [4.69, 9.17) is 11.6 Å². The lowest BCUT2D eigenvalue weighted by Gasteiger charge is -2.21. The molecule has 0 aliphatic rings. The third kappa shape index (κ3) is 3.68. The van der Waals surface area contributed by atoms with Crippen molar-refractivity contribution in [3.8, 4) is 5.75 Å². The van der Waals surface area contributed by atoms with Crippen molar-refractivity contribution in [2.24, 2.45) is 0 Å². The highest BCUT2D eigenvalue weighted by atomic mass is 35.5. The van der Waals surface area contributed by atoms with Gasteiger partial charge in [-0.25, -0.2) is 0 Å². The van der Waals surface area contributed by atoms with Crippen molar-refractivity contribution in [2.45, 2.75) is 36.0 Å². The Hall–Kier alpha value is -1.12. The quantitative estimate of drug-likeness (QED) is 0.789. The van der Waals surface area contributed by atoms with E-state index >= 15 is 0 Å². The van der Waals surface area contributed by atoms with Crippen LogP contribution in [0.1, 0.15) is 26.3 Å². The van der Waals surface area contributed by atoms with Crippen LogP contribution in [0.25, 0.3) is 0 Å². The highest BCUT2D eigenvalue weighted by Gasteiger charge is 2.18. The van der Waals surface area contributed by atoms with Crippen molar-refractivity contribution < 1.29 is 5.11 Å². The van der Waals surface area contributed by atoms with Crippen molar-refractivity contribution in [1.82, 2.24) is 0 Å². The van der Waals surface area contributed by atoms with E-state index in [2.05, 4.69) is 26.8 Å². The maximum Gasteiger partial charge on any atom is 0.119 e. The number of phenols is 1. The van der Waals surface area contributed by atoms with Gasteiger partial charge in [-0.3, -0.25) is 0 Å². The highest BCUT2D eigenvalue weighted by molar-refractivity contribution is 7.99. The van der Waals surface area contributed by atoms with Crippen LogP contribution in [0.2, 0.25) is 5.02 Å². The molecule has 2 rings (SSSR count). The zero-order valence-electron chi connectivity index (χ0n) is 11.3. The van der Waals surface area contributed by atoms with Gasteiger partial charge in [-0.2, -0.15) is 0 Å². The second kappa shape index (κ2) is 5.48. The van der Waals surface area contributed by atoms with Gasteiger partial charge in [0, 0.05) is 20.4 Å². The van der Waals surface area contributed by atoms with Gasteiger partial charge >= 0.3 is 0 Å². The minimum atomic E-state index is -0.0688. The second-order valence-corrected chi connectivity index (χ2v) is 7.07. The van der Waals surface area contributed by atoms with Crippen LogP contribution in [0.15, 0.2) is 52.3 Å². The van der Waals surface area contributed by atoms with Crippen LogP contribution >= 0.6 is 23.4 Å². The van der Waals surface area contributed by atoms with Crippen molar-refractivity contribution in [1.29, 1.82) is 0 Å². The first-order valence-corrected chi connectivity index (χ1v) is 7.32. The lowest BCUT2D eigenvalue weighted by molar-refractivity contribution is 0.446. The lowest BCUT2D eigenvalue weighted by Crippen LogP contribution is -2.11. The Bertz CT molecular complexity index is 570. The SMILES string of the molecule is CC(C)(C)c1cc(Sc2ccc(Cl)cc2)ccc1O. The first kappa shape index (κ1) is 14.3. The molecular weight excluding hydrogens is 276 g/mol. The van der Waals surface area contributed by atoms with E-state index < -0.39 is 0 Å². The Balaban J connectivity index is 2.29. The van der Waals surface area contributed by atoms with Gasteiger partial charge in [0.25, 0.3) is 0 Å². The molecule has 2 aromatic rings. The first-order valence-electron chi connectivity index (χ1n) is 6.13. The molecule has 0 saturated heterocycles. The summed E-state index contributed by atoms with van der Waals surface area (Å²) in [6.07, 6.45) is 0. The standard InChI is InChI=1S/C16H17ClOS/c1-16(2,3)14-10-13(8-9-15(14)18)19-12-6-4-11(17)5-7-12/h4-10,18H,1-3H3. The van der Waals surface area contributed by atoms with Crippen LogP contribution in [0.4, 0.5) is 0 Å². The minimum Gasteiger partial charge on any atom is -0.508 e. The van der Waals surface area contributed by atoms with Gasteiger partial charge in [-0.15, -0.1) is 0 Å². The second-order valence-electron chi connectivity index (χ2n) is 5.48. The third-order valence-corrected chi connectivity index (χ3v) is 4.07. The number of aromatic hydroxyl groups is 1. The van der Waals surface area contributed by atoms with Gasteiger partial charge in [0.15, 0.2) is 0 Å². The summed E-state index contributed by atoms with van der Waals surface area (Å²) in [7, 11) is 0. The number of halogens is 1. The van der Waals surface area contributed by atoms with Crippen molar-refractivity contribution in [2.75, 3.05) is 0 Å². The van der Waals surface area contributed by atoms with Crippen LogP contribution in [-0.2, 0) is 5.41 Å². The molecule has 0 aliphatic heterocycles. The highest BCUT2D eigenvalue weighted by Crippen LogP contribution is 2.36. The summed E-state index contributed by atoms with van der Waals surface area (Å²) in [6.45, 7) is 6.29. The molecule has 1 nitrogen and oxygen atoms in total. The van der Waals surface area contributed by atoms with E-state index in [1.165, 1.54) is 0 Å². The van der Waals surface area contributed by atoms with E-state index in [9.17, 15) is 5.11 Å². The zero-order chi connectivity index (χ0) is 14.0. The summed E-state index contributed by atoms with van der Waals surface area (Å²) >= 11 is 7.54. The van der Waals surface area contributed by atoms with Gasteiger partial charge in [-0.1, -0.05) is 44.1 Å². The summed E-state index contributed by atoms with van der Waals surface area (Å²) in [5.41, 5.74) is 0.896. The molecule has 0 heterocycles. The van der Waals surface area contributed by atoms with Gasteiger partial charge in [-0.05, 0) is 47.9 Å². The normalized spacial score (nSPS) is 11.6. The molecule has 19 heavy (non-hydrogen) atoms. The number of hydrogen-bond acceptors (Lipinski definition) is 2. The molecule has 2 aromatic carbocycles. The van der Waals surface area contributed by atoms with E-state index in [1.807, 2.05) is 30.3 Å². The lowest BCUT2D eigenvalue weighted by atomic mass is 9.86. The van der Waals surface area contributed by atoms with Crippen molar-refractivity contribution in [3.63, 3.8) is 0 Å². The Kier molecular flexibility index (Phi) is 4.12. The zero-order valence-corrected chi connectivity index (χ0v) is 12.8. The molecule has 0 unspecified atom stereocenters. The Morgan fingerprint density at radius 3 is 2.11 bits per heavy atom. The average Bonchev–Trinajstić information content (AvgIpc) is 2.33. The van der Waals surface area contributed by atoms with E-state index in [0.29, 0.717) is 5.75 Å². The minimum absolute atomic E-state index is 0.0688. The number of benzene rings is 2. The summed E-state index contributed by atoms with van der Waals surface area (Å²) in [6, 6.07) is 13.5. The number of rotatable bonds is 2. The fourth-order valence-corrected chi connectivity index (χ4v) is 2.80. The molecule has 100 valence electrons. The molecule has 0 radical (unpaired) electrons. The van der Waals surface area contributed by atoms with Gasteiger partial charge in [0.2, 0.25) is 0 Å². The topological polar surface area (TPSA) is 20.2 Å². The van der Waals surface area contributed by atoms with Crippen molar-refractivity contribution >= 4 is 23.4 Å². The molecule has 0 bridgehead atoms. The molecule has 1 N–H and O–H groups in total. The van der Waals surface area contributed by atoms with Crippen LogP contribution in [-0.4, -0.2) is 5.11 Å². The first-order chi connectivity index (χ1) is 8.86. The smallest absolute Gasteiger partial charge is 0.119 e. The fraction of sp³-hybridized carbons (Fsp3) is 0.250. The monoisotopic (exact) mass is 292 g/mol. The van der Waals surface area contributed by atoms with E-state index in [-0.39, 0.29) is 5.41 Å². The molecular formula is C16H17ClOS. The molecule has 0 atom stereocenters. The van der Waals surface area contributed by atoms with E-state index in [0.717, 1.165) is 20.4 Å². The third-order valence-electron chi connectivity index (χ3n) is 2.83. The van der Waals surface area contributed by atoms with Crippen LogP contribution in [0.3, 0.4) is 0 Å². The summed E-state index contributed by atoms with van der Waals surface area (Å²) in [5, 5.41) is 10.7. The van der Waals surface area contributed by atoms with Crippen LogP contribution in [0.5, 0.6) is 5.75 Å². The van der Waals surface area contributed by atoms with Gasteiger partial charge < -0.3 is 5.11 Å². The predicted molar refractivity (Wildman–Crippen MR) is 82.4 cm³/mol. The number of hydrogen-bond donors (Lipinski definition) is 1. The summed E-state index contributed by atoms with van der Waals surface area (Å²) < 4.78 is 0. The molecule has 0 aliphatic carbocycles. The predicted octanol–water partition coefficient (Wildman–Crippen LogP) is 5.49. The Morgan fingerprint density at radius 2 is 1.53 bits per heavy atom. The average molecular weight is 293 g/mol. The Labute approximate surface area is 123 Å². The van der Waals surface area contributed by atoms with Gasteiger partial charge in [0.05, 0.1) is 0 Å². The summed E-state index contributed by atoms with van der Waals surface area (Å²) in [4.78, 5) is 2.25. The van der Waals surface area contributed by atoms with Gasteiger partial charge in [0.1, 0.15) is 5.75 Å². The van der Waals surface area contributed by atoms with Crippen LogP contribution < -0.4 is 0 Å². The molecule has 3 heteroatoms. The summed E-state index contributed by atoms with van der Waals surface area (Å²) in [5.74, 6) is 0.355. The fourth-order valence-electron chi connectivity index (χ4n) is 1.82. The Morgan fingerprint density at radius 1 is 0.947 bits per heavy atom. The number of phenolic OH excluding ortho intramolecular Hbond substituents is 1. The molecule has 0 spiro atoms. The maximum absolute atomic E-state index is 9.95. The van der Waals surface area contributed by atoms with Crippen molar-refractivity contribution in [3.05, 3.63) is 53.1 Å². The molecule has 0 aromatic heterocycles. The van der Waals surface area contributed by atoms with Crippen LogP contribution in [0, 0.1) is 0 Å². The van der Waals surface area contributed by atoms with E-state index in [1.54, 1.807) is 17.8 Å². The molecule has 0 fully saturated rings. The molecule has 0 saturated carbocycles.